The van der Waals surface area contributed by atoms with E-state index in [2.05, 4.69) is 18.7 Å². The van der Waals surface area contributed by atoms with Crippen LogP contribution < -0.4 is 0 Å². The van der Waals surface area contributed by atoms with Gasteiger partial charge in [0.2, 0.25) is 0 Å². The third-order valence-corrected chi connectivity index (χ3v) is 3.13. The molecule has 0 radical (unpaired) electrons. The Morgan fingerprint density at radius 3 is 2.14 bits per heavy atom. The Kier molecular flexibility index (Phi) is 2.52. The van der Waals surface area contributed by atoms with Crippen molar-refractivity contribution in [1.82, 2.24) is 4.90 Å². The molecule has 14 heavy (non-hydrogen) atoms. The molecule has 0 aromatic carbocycles. The zero-order valence-corrected chi connectivity index (χ0v) is 8.67. The second-order valence-electron chi connectivity index (χ2n) is 4.65. The van der Waals surface area contributed by atoms with Gasteiger partial charge in [0.1, 0.15) is 0 Å². The van der Waals surface area contributed by atoms with Crippen molar-refractivity contribution in [2.75, 3.05) is 13.2 Å². The SMILES string of the molecule is CC(C)N1C2COCC1CC(F)(F)C2. The van der Waals surface area contributed by atoms with E-state index in [-0.39, 0.29) is 24.9 Å². The van der Waals surface area contributed by atoms with Gasteiger partial charge in [0.25, 0.3) is 5.92 Å². The quantitative estimate of drug-likeness (QED) is 0.648. The van der Waals surface area contributed by atoms with Crippen LogP contribution in [0.3, 0.4) is 0 Å². The molecular weight excluding hydrogens is 188 g/mol. The van der Waals surface area contributed by atoms with Crippen LogP contribution in [0.5, 0.6) is 0 Å². The van der Waals surface area contributed by atoms with E-state index in [1.165, 1.54) is 0 Å². The fraction of sp³-hybridized carbons (Fsp3) is 1.00. The summed E-state index contributed by atoms with van der Waals surface area (Å²) < 4.78 is 31.9. The van der Waals surface area contributed by atoms with Crippen LogP contribution in [0.15, 0.2) is 0 Å². The normalized spacial score (nSPS) is 37.5. The molecule has 2 fully saturated rings. The van der Waals surface area contributed by atoms with Crippen molar-refractivity contribution in [3.05, 3.63) is 0 Å². The van der Waals surface area contributed by atoms with Crippen molar-refractivity contribution >= 4 is 0 Å². The zero-order chi connectivity index (χ0) is 10.3. The van der Waals surface area contributed by atoms with E-state index in [0.717, 1.165) is 0 Å². The lowest BCUT2D eigenvalue weighted by Crippen LogP contribution is -2.61. The summed E-state index contributed by atoms with van der Waals surface area (Å²) in [5.41, 5.74) is 0. The number of morpholine rings is 1. The van der Waals surface area contributed by atoms with E-state index in [4.69, 9.17) is 4.74 Å². The first-order valence-electron chi connectivity index (χ1n) is 5.22. The predicted molar refractivity (Wildman–Crippen MR) is 49.6 cm³/mol. The molecule has 0 spiro atoms. The van der Waals surface area contributed by atoms with E-state index >= 15 is 0 Å². The van der Waals surface area contributed by atoms with Gasteiger partial charge in [0, 0.05) is 31.0 Å². The van der Waals surface area contributed by atoms with E-state index in [1.807, 2.05) is 0 Å². The van der Waals surface area contributed by atoms with Gasteiger partial charge >= 0.3 is 0 Å². The summed E-state index contributed by atoms with van der Waals surface area (Å²) in [6.45, 7) is 5.05. The Balaban J connectivity index is 2.15. The van der Waals surface area contributed by atoms with Crippen molar-refractivity contribution in [3.63, 3.8) is 0 Å². The number of alkyl halides is 2. The van der Waals surface area contributed by atoms with Crippen molar-refractivity contribution < 1.29 is 13.5 Å². The van der Waals surface area contributed by atoms with Gasteiger partial charge in [-0.3, -0.25) is 4.90 Å². The maximum absolute atomic E-state index is 13.3. The average molecular weight is 205 g/mol. The van der Waals surface area contributed by atoms with Crippen LogP contribution in [0.4, 0.5) is 8.78 Å². The number of hydrogen-bond donors (Lipinski definition) is 0. The van der Waals surface area contributed by atoms with Crippen LogP contribution >= 0.6 is 0 Å². The maximum atomic E-state index is 13.3. The molecule has 2 saturated heterocycles. The largest absolute Gasteiger partial charge is 0.378 e. The maximum Gasteiger partial charge on any atom is 0.251 e. The first-order valence-corrected chi connectivity index (χ1v) is 5.22. The molecule has 0 saturated carbocycles. The average Bonchev–Trinajstić information content (AvgIpc) is 1.99. The smallest absolute Gasteiger partial charge is 0.251 e. The van der Waals surface area contributed by atoms with Crippen LogP contribution in [-0.4, -0.2) is 42.2 Å². The first-order chi connectivity index (χ1) is 6.49. The highest BCUT2D eigenvalue weighted by Gasteiger charge is 2.48. The predicted octanol–water partition coefficient (Wildman–Crippen LogP) is 1.89. The third-order valence-electron chi connectivity index (χ3n) is 3.13. The Hall–Kier alpha value is -0.220. The molecule has 82 valence electrons. The van der Waals surface area contributed by atoms with Crippen LogP contribution in [-0.2, 0) is 4.74 Å². The third kappa shape index (κ3) is 1.77. The zero-order valence-electron chi connectivity index (χ0n) is 8.67. The molecule has 0 aromatic rings. The summed E-state index contributed by atoms with van der Waals surface area (Å²) in [5, 5.41) is 0. The van der Waals surface area contributed by atoms with Crippen molar-refractivity contribution in [2.24, 2.45) is 0 Å². The molecule has 2 rings (SSSR count). The molecular formula is C10H17F2NO. The highest BCUT2D eigenvalue weighted by Crippen LogP contribution is 2.38. The van der Waals surface area contributed by atoms with Gasteiger partial charge in [-0.2, -0.15) is 0 Å². The minimum atomic E-state index is -2.48. The lowest BCUT2D eigenvalue weighted by molar-refractivity contribution is -0.168. The minimum Gasteiger partial charge on any atom is -0.378 e. The van der Waals surface area contributed by atoms with Crippen molar-refractivity contribution in [3.8, 4) is 0 Å². The number of nitrogens with zero attached hydrogens (tertiary/aromatic N) is 1. The van der Waals surface area contributed by atoms with Crippen LogP contribution in [0.2, 0.25) is 0 Å². The van der Waals surface area contributed by atoms with Gasteiger partial charge in [-0.05, 0) is 13.8 Å². The lowest BCUT2D eigenvalue weighted by atomic mass is 9.90. The Labute approximate surface area is 83.2 Å². The Morgan fingerprint density at radius 1 is 1.21 bits per heavy atom. The molecule has 2 aliphatic heterocycles. The monoisotopic (exact) mass is 205 g/mol. The second-order valence-corrected chi connectivity index (χ2v) is 4.65. The molecule has 2 bridgehead atoms. The number of halogens is 2. The number of hydrogen-bond acceptors (Lipinski definition) is 2. The molecule has 2 heterocycles. The van der Waals surface area contributed by atoms with Gasteiger partial charge in [-0.1, -0.05) is 0 Å². The molecule has 2 atom stereocenters. The molecule has 2 aliphatic rings. The summed E-state index contributed by atoms with van der Waals surface area (Å²) in [6.07, 6.45) is -0.0800. The molecule has 4 heteroatoms. The highest BCUT2D eigenvalue weighted by atomic mass is 19.3. The van der Waals surface area contributed by atoms with E-state index in [0.29, 0.717) is 19.3 Å². The van der Waals surface area contributed by atoms with Gasteiger partial charge in [0.15, 0.2) is 0 Å². The standard InChI is InChI=1S/C10H17F2NO/c1-7(2)13-8-3-10(11,12)4-9(13)6-14-5-8/h7-9H,3-6H2,1-2H3. The molecule has 2 nitrogen and oxygen atoms in total. The van der Waals surface area contributed by atoms with Gasteiger partial charge in [0.05, 0.1) is 13.2 Å². The number of piperidine rings is 1. The van der Waals surface area contributed by atoms with Crippen molar-refractivity contribution in [2.45, 2.75) is 50.7 Å². The number of rotatable bonds is 1. The Bertz CT molecular complexity index is 204. The molecule has 0 aromatic heterocycles. The van der Waals surface area contributed by atoms with Crippen LogP contribution in [0.25, 0.3) is 0 Å². The molecule has 0 aliphatic carbocycles. The number of fused-ring (bicyclic) bond motifs is 2. The van der Waals surface area contributed by atoms with E-state index in [9.17, 15) is 8.78 Å². The molecule has 0 N–H and O–H groups in total. The van der Waals surface area contributed by atoms with E-state index < -0.39 is 5.92 Å². The lowest BCUT2D eigenvalue weighted by Gasteiger charge is -2.50. The summed E-state index contributed by atoms with van der Waals surface area (Å²) in [4.78, 5) is 2.20. The summed E-state index contributed by atoms with van der Waals surface area (Å²) in [6, 6.07) is 0.167. The minimum absolute atomic E-state index is 0.0400. The summed E-state index contributed by atoms with van der Waals surface area (Å²) >= 11 is 0. The molecule has 0 amide bonds. The van der Waals surface area contributed by atoms with Gasteiger partial charge in [-0.15, -0.1) is 0 Å². The summed E-state index contributed by atoms with van der Waals surface area (Å²) in [5.74, 6) is -2.48. The van der Waals surface area contributed by atoms with E-state index in [1.54, 1.807) is 0 Å². The highest BCUT2D eigenvalue weighted by molar-refractivity contribution is 4.96. The first kappa shape index (κ1) is 10.3. The fourth-order valence-electron chi connectivity index (χ4n) is 2.76. The topological polar surface area (TPSA) is 12.5 Å². The molecule has 2 unspecified atom stereocenters. The number of ether oxygens (including phenoxy) is 1. The van der Waals surface area contributed by atoms with Crippen LogP contribution in [0.1, 0.15) is 26.7 Å². The van der Waals surface area contributed by atoms with Crippen LogP contribution in [0, 0.1) is 0 Å². The van der Waals surface area contributed by atoms with Crippen molar-refractivity contribution in [1.29, 1.82) is 0 Å². The fourth-order valence-corrected chi connectivity index (χ4v) is 2.76. The van der Waals surface area contributed by atoms with Gasteiger partial charge < -0.3 is 4.74 Å². The van der Waals surface area contributed by atoms with Gasteiger partial charge in [-0.25, -0.2) is 8.78 Å². The summed E-state index contributed by atoms with van der Waals surface area (Å²) in [7, 11) is 0. The second kappa shape index (κ2) is 3.42. The Morgan fingerprint density at radius 2 is 1.71 bits per heavy atom.